The molecule has 1 aromatic heterocycles. The fraction of sp³-hybridized carbons (Fsp3) is 0.733. The van der Waals surface area contributed by atoms with Crippen molar-refractivity contribution >= 4 is 11.3 Å². The van der Waals surface area contributed by atoms with E-state index in [2.05, 4.69) is 37.2 Å². The molecule has 2 bridgehead atoms. The zero-order valence-electron chi connectivity index (χ0n) is 11.7. The lowest BCUT2D eigenvalue weighted by molar-refractivity contribution is 0.148. The summed E-state index contributed by atoms with van der Waals surface area (Å²) in [5, 5.41) is 3.78. The number of thiophene rings is 1. The predicted molar refractivity (Wildman–Crippen MR) is 78.2 cm³/mol. The number of piperidine rings is 1. The minimum Gasteiger partial charge on any atom is -0.309 e. The highest BCUT2D eigenvalue weighted by Gasteiger charge is 2.37. The highest BCUT2D eigenvalue weighted by Crippen LogP contribution is 2.34. The van der Waals surface area contributed by atoms with Gasteiger partial charge in [0.1, 0.15) is 0 Å². The number of nitrogens with one attached hydrogen (secondary N) is 1. The van der Waals surface area contributed by atoms with Crippen LogP contribution in [0.2, 0.25) is 0 Å². The van der Waals surface area contributed by atoms with Gasteiger partial charge in [0.2, 0.25) is 0 Å². The summed E-state index contributed by atoms with van der Waals surface area (Å²) in [5.41, 5.74) is 1.44. The van der Waals surface area contributed by atoms with Gasteiger partial charge in [0.15, 0.2) is 0 Å². The van der Waals surface area contributed by atoms with Crippen molar-refractivity contribution in [2.24, 2.45) is 0 Å². The highest BCUT2D eigenvalue weighted by atomic mass is 32.1. The van der Waals surface area contributed by atoms with E-state index in [9.17, 15) is 0 Å². The number of rotatable bonds is 3. The Labute approximate surface area is 114 Å². The maximum Gasteiger partial charge on any atom is 0.0302 e. The molecule has 2 saturated heterocycles. The molecule has 18 heavy (non-hydrogen) atoms. The van der Waals surface area contributed by atoms with Crippen LogP contribution < -0.4 is 5.32 Å². The van der Waals surface area contributed by atoms with Crippen LogP contribution >= 0.6 is 11.3 Å². The first kappa shape index (κ1) is 12.6. The van der Waals surface area contributed by atoms with Gasteiger partial charge in [-0.25, -0.2) is 0 Å². The third-order valence-corrected chi connectivity index (χ3v) is 6.03. The highest BCUT2D eigenvalue weighted by molar-refractivity contribution is 7.12. The average Bonchev–Trinajstić information content (AvgIpc) is 2.75. The van der Waals surface area contributed by atoms with Gasteiger partial charge < -0.3 is 10.2 Å². The van der Waals surface area contributed by atoms with Gasteiger partial charge in [0, 0.05) is 34.4 Å². The maximum absolute atomic E-state index is 3.78. The molecule has 0 saturated carbocycles. The van der Waals surface area contributed by atoms with Gasteiger partial charge in [-0.3, -0.25) is 0 Å². The first-order valence-corrected chi connectivity index (χ1v) is 7.96. The normalized spacial score (nSPS) is 32.1. The molecule has 2 aliphatic heterocycles. The molecule has 1 aromatic rings. The fourth-order valence-corrected chi connectivity index (χ4v) is 4.56. The Hall–Kier alpha value is -0.380. The number of nitrogens with zero attached hydrogens (tertiary/aromatic N) is 1. The van der Waals surface area contributed by atoms with Crippen molar-refractivity contribution in [3.63, 3.8) is 0 Å². The lowest BCUT2D eigenvalue weighted by Crippen LogP contribution is -2.46. The van der Waals surface area contributed by atoms with Gasteiger partial charge in [-0.1, -0.05) is 0 Å². The second-order valence-corrected chi connectivity index (χ2v) is 7.39. The monoisotopic (exact) mass is 264 g/mol. The van der Waals surface area contributed by atoms with Crippen LogP contribution in [0.5, 0.6) is 0 Å². The zero-order chi connectivity index (χ0) is 12.7. The second-order valence-electron chi connectivity index (χ2n) is 6.05. The van der Waals surface area contributed by atoms with E-state index in [0.717, 1.165) is 24.7 Å². The van der Waals surface area contributed by atoms with Crippen LogP contribution in [0.1, 0.15) is 41.0 Å². The minimum absolute atomic E-state index is 0.737. The van der Waals surface area contributed by atoms with E-state index in [1.54, 1.807) is 0 Å². The smallest absolute Gasteiger partial charge is 0.0302 e. The van der Waals surface area contributed by atoms with Crippen LogP contribution in [-0.2, 0) is 6.54 Å². The van der Waals surface area contributed by atoms with Crippen LogP contribution in [0, 0.1) is 13.8 Å². The largest absolute Gasteiger partial charge is 0.309 e. The molecule has 2 atom stereocenters. The van der Waals surface area contributed by atoms with E-state index in [1.165, 1.54) is 41.0 Å². The first-order valence-electron chi connectivity index (χ1n) is 7.14. The molecule has 3 heterocycles. The molecule has 2 fully saturated rings. The molecular formula is C15H24N2S. The molecule has 0 spiro atoms. The third kappa shape index (κ3) is 2.36. The van der Waals surface area contributed by atoms with Gasteiger partial charge in [-0.15, -0.1) is 11.3 Å². The Morgan fingerprint density at radius 3 is 2.50 bits per heavy atom. The van der Waals surface area contributed by atoms with Crippen LogP contribution in [0.25, 0.3) is 0 Å². The Bertz CT molecular complexity index is 393. The van der Waals surface area contributed by atoms with E-state index >= 15 is 0 Å². The van der Waals surface area contributed by atoms with Crippen LogP contribution in [0.15, 0.2) is 6.07 Å². The van der Waals surface area contributed by atoms with E-state index in [0.29, 0.717) is 0 Å². The maximum atomic E-state index is 3.78. The summed E-state index contributed by atoms with van der Waals surface area (Å²) in [6.07, 6.45) is 5.51. The van der Waals surface area contributed by atoms with Crippen molar-refractivity contribution in [1.29, 1.82) is 0 Å². The predicted octanol–water partition coefficient (Wildman–Crippen LogP) is 3.08. The molecule has 3 heteroatoms. The molecule has 0 radical (unpaired) electrons. The molecule has 0 amide bonds. The molecule has 3 rings (SSSR count). The van der Waals surface area contributed by atoms with Crippen molar-refractivity contribution in [1.82, 2.24) is 10.2 Å². The van der Waals surface area contributed by atoms with E-state index in [4.69, 9.17) is 0 Å². The standard InChI is InChI=1S/C15H24N2S/c1-10-6-15(18-11(10)2)9-16-12-7-13-4-5-14(8-12)17(13)3/h6,12-14,16H,4-5,7-9H2,1-3H3. The van der Waals surface area contributed by atoms with E-state index < -0.39 is 0 Å². The zero-order valence-corrected chi connectivity index (χ0v) is 12.5. The van der Waals surface area contributed by atoms with Crippen molar-refractivity contribution < 1.29 is 0 Å². The Balaban J connectivity index is 1.55. The molecule has 0 aliphatic carbocycles. The number of aryl methyl sites for hydroxylation is 2. The summed E-state index contributed by atoms with van der Waals surface area (Å²) in [4.78, 5) is 5.57. The summed E-state index contributed by atoms with van der Waals surface area (Å²) in [6.45, 7) is 5.50. The minimum atomic E-state index is 0.737. The fourth-order valence-electron chi connectivity index (χ4n) is 3.56. The van der Waals surface area contributed by atoms with E-state index in [1.807, 2.05) is 11.3 Å². The summed E-state index contributed by atoms with van der Waals surface area (Å²) in [5.74, 6) is 0. The van der Waals surface area contributed by atoms with Crippen molar-refractivity contribution in [3.05, 3.63) is 21.4 Å². The lowest BCUT2D eigenvalue weighted by atomic mass is 9.98. The molecule has 2 unspecified atom stereocenters. The topological polar surface area (TPSA) is 15.3 Å². The van der Waals surface area contributed by atoms with E-state index in [-0.39, 0.29) is 0 Å². The van der Waals surface area contributed by atoms with Gasteiger partial charge >= 0.3 is 0 Å². The van der Waals surface area contributed by atoms with Gasteiger partial charge in [0.05, 0.1) is 0 Å². The number of fused-ring (bicyclic) bond motifs is 2. The molecular weight excluding hydrogens is 240 g/mol. The molecule has 1 N–H and O–H groups in total. The summed E-state index contributed by atoms with van der Waals surface area (Å²) in [7, 11) is 2.31. The van der Waals surface area contributed by atoms with Crippen LogP contribution in [-0.4, -0.2) is 30.1 Å². The summed E-state index contributed by atoms with van der Waals surface area (Å²) < 4.78 is 0. The molecule has 2 nitrogen and oxygen atoms in total. The first-order chi connectivity index (χ1) is 8.63. The quantitative estimate of drug-likeness (QED) is 0.902. The summed E-state index contributed by atoms with van der Waals surface area (Å²) in [6, 6.07) is 4.76. The Morgan fingerprint density at radius 1 is 1.28 bits per heavy atom. The van der Waals surface area contributed by atoms with Crippen molar-refractivity contribution in [2.75, 3.05) is 7.05 Å². The Morgan fingerprint density at radius 2 is 1.94 bits per heavy atom. The van der Waals surface area contributed by atoms with Crippen molar-refractivity contribution in [2.45, 2.75) is 64.2 Å². The van der Waals surface area contributed by atoms with Crippen LogP contribution in [0.3, 0.4) is 0 Å². The third-order valence-electron chi connectivity index (χ3n) is 4.88. The van der Waals surface area contributed by atoms with Gasteiger partial charge in [-0.2, -0.15) is 0 Å². The molecule has 100 valence electrons. The van der Waals surface area contributed by atoms with Gasteiger partial charge in [-0.05, 0) is 58.2 Å². The number of hydrogen-bond donors (Lipinski definition) is 1. The molecule has 2 aliphatic rings. The number of hydrogen-bond acceptors (Lipinski definition) is 3. The summed E-state index contributed by atoms with van der Waals surface area (Å²) >= 11 is 1.95. The van der Waals surface area contributed by atoms with Gasteiger partial charge in [0.25, 0.3) is 0 Å². The lowest BCUT2D eigenvalue weighted by Gasteiger charge is -2.36. The SMILES string of the molecule is Cc1cc(CNC2CC3CCC(C2)N3C)sc1C. The van der Waals surface area contributed by atoms with Crippen LogP contribution in [0.4, 0.5) is 0 Å². The average molecular weight is 264 g/mol. The Kier molecular flexibility index (Phi) is 3.48. The van der Waals surface area contributed by atoms with Crippen molar-refractivity contribution in [3.8, 4) is 0 Å². The molecule has 0 aromatic carbocycles. The second kappa shape index (κ2) is 4.95.